The number of aryl methyl sites for hydroxylation is 2. The Balaban J connectivity index is 1.44. The summed E-state index contributed by atoms with van der Waals surface area (Å²) in [4.78, 5) is 29.2. The zero-order chi connectivity index (χ0) is 21.8. The van der Waals surface area contributed by atoms with Gasteiger partial charge in [-0.15, -0.1) is 0 Å². The molecular formula is C24H20N2O5. The highest BCUT2D eigenvalue weighted by molar-refractivity contribution is 6.03. The number of anilines is 1. The first kappa shape index (κ1) is 20.2. The number of benzene rings is 2. The molecule has 0 saturated heterocycles. The summed E-state index contributed by atoms with van der Waals surface area (Å²) >= 11 is 0. The van der Waals surface area contributed by atoms with Crippen molar-refractivity contribution in [2.45, 2.75) is 20.5 Å². The van der Waals surface area contributed by atoms with Crippen molar-refractivity contribution in [3.63, 3.8) is 0 Å². The number of esters is 1. The monoisotopic (exact) mass is 416 g/mol. The van der Waals surface area contributed by atoms with Crippen LogP contribution in [0.25, 0.3) is 11.5 Å². The molecule has 0 aliphatic carbocycles. The van der Waals surface area contributed by atoms with E-state index in [-0.39, 0.29) is 12.4 Å². The molecule has 156 valence electrons. The normalized spacial score (nSPS) is 10.6. The third kappa shape index (κ3) is 4.56. The Bertz CT molecular complexity index is 1210. The third-order valence-corrected chi connectivity index (χ3v) is 4.72. The number of carbonyl (C=O) groups is 2. The molecule has 2 aromatic carbocycles. The summed E-state index contributed by atoms with van der Waals surface area (Å²) in [6.07, 6.45) is 1.42. The summed E-state index contributed by atoms with van der Waals surface area (Å²) in [5.74, 6) is 0.315. The van der Waals surface area contributed by atoms with E-state index in [0.717, 1.165) is 11.1 Å². The van der Waals surface area contributed by atoms with E-state index < -0.39 is 11.9 Å². The maximum Gasteiger partial charge on any atom is 0.338 e. The predicted molar refractivity (Wildman–Crippen MR) is 114 cm³/mol. The average Bonchev–Trinajstić information content (AvgIpc) is 3.44. The van der Waals surface area contributed by atoms with Gasteiger partial charge in [-0.3, -0.25) is 4.79 Å². The van der Waals surface area contributed by atoms with Crippen molar-refractivity contribution in [3.05, 3.63) is 95.3 Å². The van der Waals surface area contributed by atoms with Gasteiger partial charge in [0.05, 0.1) is 11.8 Å². The first-order valence-electron chi connectivity index (χ1n) is 9.65. The lowest BCUT2D eigenvalue weighted by Gasteiger charge is -2.10. The number of rotatable bonds is 6. The van der Waals surface area contributed by atoms with Crippen molar-refractivity contribution in [1.82, 2.24) is 4.98 Å². The molecule has 0 fully saturated rings. The standard InChI is InChI=1S/C24H20N2O5/c1-15-10-11-18(13-19(15)25-22(27)21-9-6-12-29-21)24(28)30-14-20-16(2)31-23(26-20)17-7-4-3-5-8-17/h3-13H,14H2,1-2H3,(H,25,27). The summed E-state index contributed by atoms with van der Waals surface area (Å²) in [5.41, 5.74) is 3.00. The van der Waals surface area contributed by atoms with Gasteiger partial charge in [0.2, 0.25) is 5.89 Å². The Morgan fingerprint density at radius 1 is 1.03 bits per heavy atom. The van der Waals surface area contributed by atoms with Gasteiger partial charge >= 0.3 is 5.97 Å². The number of carbonyl (C=O) groups excluding carboxylic acids is 2. The molecule has 1 N–H and O–H groups in total. The van der Waals surface area contributed by atoms with E-state index >= 15 is 0 Å². The molecule has 0 bridgehead atoms. The lowest BCUT2D eigenvalue weighted by Crippen LogP contribution is -2.13. The van der Waals surface area contributed by atoms with Crippen LogP contribution in [0.5, 0.6) is 0 Å². The number of nitrogens with one attached hydrogen (secondary N) is 1. The van der Waals surface area contributed by atoms with E-state index in [0.29, 0.717) is 28.6 Å². The Kier molecular flexibility index (Phi) is 5.66. The summed E-state index contributed by atoms with van der Waals surface area (Å²) in [6.45, 7) is 3.58. The lowest BCUT2D eigenvalue weighted by atomic mass is 10.1. The fourth-order valence-electron chi connectivity index (χ4n) is 2.96. The second kappa shape index (κ2) is 8.71. The van der Waals surface area contributed by atoms with E-state index in [4.69, 9.17) is 13.6 Å². The average molecular weight is 416 g/mol. The van der Waals surface area contributed by atoms with Crippen LogP contribution in [0.3, 0.4) is 0 Å². The molecule has 0 saturated carbocycles. The van der Waals surface area contributed by atoms with Crippen LogP contribution in [0.4, 0.5) is 5.69 Å². The van der Waals surface area contributed by atoms with Gasteiger partial charge in [-0.1, -0.05) is 24.3 Å². The summed E-state index contributed by atoms with van der Waals surface area (Å²) in [6, 6.07) is 17.6. The summed E-state index contributed by atoms with van der Waals surface area (Å²) in [7, 11) is 0. The predicted octanol–water partition coefficient (Wildman–Crippen LogP) is 5.16. The zero-order valence-corrected chi connectivity index (χ0v) is 17.0. The van der Waals surface area contributed by atoms with Crippen LogP contribution < -0.4 is 5.32 Å². The molecule has 7 heteroatoms. The molecule has 0 spiro atoms. The van der Waals surface area contributed by atoms with Gasteiger partial charge in [0.25, 0.3) is 5.91 Å². The number of furan rings is 1. The Labute approximate surface area is 178 Å². The summed E-state index contributed by atoms with van der Waals surface area (Å²) < 4.78 is 16.2. The fraction of sp³-hybridized carbons (Fsp3) is 0.125. The van der Waals surface area contributed by atoms with E-state index in [1.165, 1.54) is 6.26 Å². The van der Waals surface area contributed by atoms with Gasteiger partial charge in [0.1, 0.15) is 18.1 Å². The number of amides is 1. The maximum absolute atomic E-state index is 12.6. The van der Waals surface area contributed by atoms with Crippen LogP contribution in [-0.2, 0) is 11.3 Å². The van der Waals surface area contributed by atoms with Gasteiger partial charge in [0, 0.05) is 11.3 Å². The smallest absolute Gasteiger partial charge is 0.338 e. The molecular weight excluding hydrogens is 396 g/mol. The largest absolute Gasteiger partial charge is 0.459 e. The van der Waals surface area contributed by atoms with Gasteiger partial charge in [-0.05, 0) is 55.8 Å². The van der Waals surface area contributed by atoms with Crippen molar-refractivity contribution < 1.29 is 23.2 Å². The van der Waals surface area contributed by atoms with Crippen LogP contribution in [0.15, 0.2) is 75.8 Å². The summed E-state index contributed by atoms with van der Waals surface area (Å²) in [5, 5.41) is 2.74. The third-order valence-electron chi connectivity index (χ3n) is 4.72. The van der Waals surface area contributed by atoms with Gasteiger partial charge < -0.3 is 18.9 Å². The Morgan fingerprint density at radius 2 is 1.84 bits per heavy atom. The molecule has 31 heavy (non-hydrogen) atoms. The van der Waals surface area contributed by atoms with Crippen molar-refractivity contribution in [3.8, 4) is 11.5 Å². The Morgan fingerprint density at radius 3 is 2.58 bits per heavy atom. The highest BCUT2D eigenvalue weighted by Gasteiger charge is 2.16. The first-order valence-corrected chi connectivity index (χ1v) is 9.65. The quantitative estimate of drug-likeness (QED) is 0.436. The highest BCUT2D eigenvalue weighted by atomic mass is 16.5. The van der Waals surface area contributed by atoms with Gasteiger partial charge in [-0.2, -0.15) is 0 Å². The highest BCUT2D eigenvalue weighted by Crippen LogP contribution is 2.23. The molecule has 7 nitrogen and oxygen atoms in total. The zero-order valence-electron chi connectivity index (χ0n) is 17.0. The number of aromatic nitrogens is 1. The minimum atomic E-state index is -0.530. The number of nitrogens with zero attached hydrogens (tertiary/aromatic N) is 1. The molecule has 0 unspecified atom stereocenters. The minimum Gasteiger partial charge on any atom is -0.459 e. The minimum absolute atomic E-state index is 0.0248. The van der Waals surface area contributed by atoms with Gasteiger partial charge in [-0.25, -0.2) is 9.78 Å². The molecule has 0 atom stereocenters. The van der Waals surface area contributed by atoms with Crippen LogP contribution in [0.1, 0.15) is 37.9 Å². The number of hydrogen-bond donors (Lipinski definition) is 1. The second-order valence-electron chi connectivity index (χ2n) is 6.93. The van der Waals surface area contributed by atoms with Crippen LogP contribution in [0, 0.1) is 13.8 Å². The van der Waals surface area contributed by atoms with Gasteiger partial charge in [0.15, 0.2) is 5.76 Å². The molecule has 1 amide bonds. The van der Waals surface area contributed by atoms with Crippen molar-refractivity contribution in [2.24, 2.45) is 0 Å². The van der Waals surface area contributed by atoms with Crippen molar-refractivity contribution in [1.29, 1.82) is 0 Å². The molecule has 2 aromatic heterocycles. The molecule has 0 aliphatic heterocycles. The molecule has 2 heterocycles. The van der Waals surface area contributed by atoms with E-state index in [1.54, 1.807) is 37.3 Å². The molecule has 0 aliphatic rings. The second-order valence-corrected chi connectivity index (χ2v) is 6.93. The fourth-order valence-corrected chi connectivity index (χ4v) is 2.96. The topological polar surface area (TPSA) is 94.6 Å². The van der Waals surface area contributed by atoms with Crippen molar-refractivity contribution >= 4 is 17.6 Å². The van der Waals surface area contributed by atoms with Crippen LogP contribution >= 0.6 is 0 Å². The lowest BCUT2D eigenvalue weighted by molar-refractivity contribution is 0.0467. The molecule has 0 radical (unpaired) electrons. The number of hydrogen-bond acceptors (Lipinski definition) is 6. The first-order chi connectivity index (χ1) is 15.0. The number of oxazole rings is 1. The van der Waals surface area contributed by atoms with E-state index in [9.17, 15) is 9.59 Å². The molecule has 4 rings (SSSR count). The number of ether oxygens (including phenoxy) is 1. The van der Waals surface area contributed by atoms with Crippen molar-refractivity contribution in [2.75, 3.05) is 5.32 Å². The van der Waals surface area contributed by atoms with Crippen LogP contribution in [0.2, 0.25) is 0 Å². The maximum atomic E-state index is 12.6. The van der Waals surface area contributed by atoms with E-state index in [1.807, 2.05) is 37.3 Å². The molecule has 4 aromatic rings. The van der Waals surface area contributed by atoms with E-state index in [2.05, 4.69) is 10.3 Å². The SMILES string of the molecule is Cc1ccc(C(=O)OCc2nc(-c3ccccc3)oc2C)cc1NC(=O)c1ccco1. The van der Waals surface area contributed by atoms with Crippen LogP contribution in [-0.4, -0.2) is 16.9 Å². The Hall–Kier alpha value is -4.13.